The number of nitrogens with one attached hydrogen (secondary N) is 1. The van der Waals surface area contributed by atoms with E-state index in [0.717, 1.165) is 16.3 Å². The summed E-state index contributed by atoms with van der Waals surface area (Å²) < 4.78 is 1.04. The van der Waals surface area contributed by atoms with Crippen molar-refractivity contribution in [3.63, 3.8) is 0 Å². The van der Waals surface area contributed by atoms with E-state index in [2.05, 4.69) is 37.2 Å². The summed E-state index contributed by atoms with van der Waals surface area (Å²) in [5, 5.41) is 3.59. The van der Waals surface area contributed by atoms with Crippen LogP contribution in [0.2, 0.25) is 0 Å². The van der Waals surface area contributed by atoms with Crippen LogP contribution in [-0.4, -0.2) is 35.1 Å². The fraction of sp³-hybridized carbons (Fsp3) is 0.615. The van der Waals surface area contributed by atoms with E-state index in [4.69, 9.17) is 0 Å². The summed E-state index contributed by atoms with van der Waals surface area (Å²) in [5.41, 5.74) is 0. The smallest absolute Gasteiger partial charge is 0.126 e. The van der Waals surface area contributed by atoms with Gasteiger partial charge in [-0.15, -0.1) is 0 Å². The largest absolute Gasteiger partial charge is 0.366 e. The number of rotatable bonds is 2. The van der Waals surface area contributed by atoms with Crippen LogP contribution in [0.1, 0.15) is 25.7 Å². The van der Waals surface area contributed by atoms with Gasteiger partial charge >= 0.3 is 0 Å². The van der Waals surface area contributed by atoms with Crippen molar-refractivity contribution in [3.8, 4) is 0 Å². The van der Waals surface area contributed by atoms with Crippen molar-refractivity contribution in [2.24, 2.45) is 0 Å². The lowest BCUT2D eigenvalue weighted by atomic mass is 9.99. The Labute approximate surface area is 111 Å². The molecule has 0 amide bonds. The van der Waals surface area contributed by atoms with Gasteiger partial charge in [0.25, 0.3) is 0 Å². The topological polar surface area (TPSA) is 28.2 Å². The van der Waals surface area contributed by atoms with Crippen molar-refractivity contribution in [3.05, 3.63) is 22.8 Å². The van der Waals surface area contributed by atoms with Crippen LogP contribution in [0.4, 0.5) is 5.82 Å². The standard InChI is InChI=1S/C13H18BrN3/c14-10-4-5-13(15-9-10)16-11-6-8-17-7-2-1-3-12(11)17/h4-5,9,11-12H,1-3,6-8H2,(H,15,16). The number of pyridine rings is 1. The first-order chi connectivity index (χ1) is 8.33. The normalized spacial score (nSPS) is 29.0. The molecule has 1 aromatic heterocycles. The van der Waals surface area contributed by atoms with Gasteiger partial charge in [-0.2, -0.15) is 0 Å². The van der Waals surface area contributed by atoms with Crippen LogP contribution in [0.5, 0.6) is 0 Å². The van der Waals surface area contributed by atoms with E-state index in [0.29, 0.717) is 6.04 Å². The molecule has 0 bridgehead atoms. The summed E-state index contributed by atoms with van der Waals surface area (Å²) in [6, 6.07) is 5.41. The van der Waals surface area contributed by atoms with Crippen molar-refractivity contribution < 1.29 is 0 Å². The molecule has 2 atom stereocenters. The van der Waals surface area contributed by atoms with Crippen LogP contribution in [-0.2, 0) is 0 Å². The molecule has 0 aromatic carbocycles. The van der Waals surface area contributed by atoms with Crippen LogP contribution in [0.25, 0.3) is 0 Å². The van der Waals surface area contributed by atoms with Crippen LogP contribution in [0.3, 0.4) is 0 Å². The monoisotopic (exact) mass is 295 g/mol. The predicted molar refractivity (Wildman–Crippen MR) is 73.2 cm³/mol. The number of aromatic nitrogens is 1. The molecular weight excluding hydrogens is 278 g/mol. The van der Waals surface area contributed by atoms with Gasteiger partial charge in [-0.05, 0) is 53.9 Å². The minimum atomic E-state index is 0.587. The van der Waals surface area contributed by atoms with Crippen molar-refractivity contribution in [2.75, 3.05) is 18.4 Å². The highest BCUT2D eigenvalue weighted by Gasteiger charge is 2.35. The molecule has 92 valence electrons. The molecule has 3 nitrogen and oxygen atoms in total. The molecule has 0 saturated carbocycles. The van der Waals surface area contributed by atoms with Crippen LogP contribution in [0, 0.1) is 0 Å². The summed E-state index contributed by atoms with van der Waals surface area (Å²) in [6.07, 6.45) is 7.21. The maximum Gasteiger partial charge on any atom is 0.126 e. The highest BCUT2D eigenvalue weighted by Crippen LogP contribution is 2.29. The van der Waals surface area contributed by atoms with Gasteiger partial charge in [0.05, 0.1) is 0 Å². The fourth-order valence-corrected chi connectivity index (χ4v) is 3.30. The Balaban J connectivity index is 1.67. The molecule has 3 rings (SSSR count). The molecule has 2 unspecified atom stereocenters. The maximum absolute atomic E-state index is 4.40. The third-order valence-electron chi connectivity index (χ3n) is 3.92. The quantitative estimate of drug-likeness (QED) is 0.909. The molecule has 0 aliphatic carbocycles. The number of anilines is 1. The van der Waals surface area contributed by atoms with Crippen LogP contribution < -0.4 is 5.32 Å². The maximum atomic E-state index is 4.40. The van der Waals surface area contributed by atoms with Gasteiger partial charge in [-0.1, -0.05) is 6.42 Å². The van der Waals surface area contributed by atoms with Crippen molar-refractivity contribution >= 4 is 21.7 Å². The van der Waals surface area contributed by atoms with Crippen LogP contribution >= 0.6 is 15.9 Å². The summed E-state index contributed by atoms with van der Waals surface area (Å²) in [7, 11) is 0. The number of halogens is 1. The lowest BCUT2D eigenvalue weighted by molar-refractivity contribution is 0.192. The minimum absolute atomic E-state index is 0.587. The zero-order valence-electron chi connectivity index (χ0n) is 9.90. The van der Waals surface area contributed by atoms with Gasteiger partial charge in [0.1, 0.15) is 5.82 Å². The minimum Gasteiger partial charge on any atom is -0.366 e. The summed E-state index contributed by atoms with van der Waals surface area (Å²) in [5.74, 6) is 1.01. The third kappa shape index (κ3) is 2.47. The molecule has 2 saturated heterocycles. The Morgan fingerprint density at radius 2 is 2.18 bits per heavy atom. The van der Waals surface area contributed by atoms with E-state index in [1.54, 1.807) is 0 Å². The van der Waals surface area contributed by atoms with E-state index >= 15 is 0 Å². The van der Waals surface area contributed by atoms with Gasteiger partial charge in [0.15, 0.2) is 0 Å². The van der Waals surface area contributed by atoms with Gasteiger partial charge in [0, 0.05) is 29.3 Å². The SMILES string of the molecule is Brc1ccc(NC2CCN3CCCCC23)nc1. The Hall–Kier alpha value is -0.610. The molecular formula is C13H18BrN3. The first-order valence-corrected chi connectivity index (χ1v) is 7.24. The third-order valence-corrected chi connectivity index (χ3v) is 4.39. The van der Waals surface area contributed by atoms with E-state index < -0.39 is 0 Å². The zero-order chi connectivity index (χ0) is 11.7. The lowest BCUT2D eigenvalue weighted by Gasteiger charge is -2.32. The molecule has 0 radical (unpaired) electrons. The van der Waals surface area contributed by atoms with E-state index in [9.17, 15) is 0 Å². The van der Waals surface area contributed by atoms with E-state index in [-0.39, 0.29) is 0 Å². The summed E-state index contributed by atoms with van der Waals surface area (Å²) in [4.78, 5) is 7.04. The Morgan fingerprint density at radius 1 is 1.24 bits per heavy atom. The first kappa shape index (κ1) is 11.5. The fourth-order valence-electron chi connectivity index (χ4n) is 3.07. The lowest BCUT2D eigenvalue weighted by Crippen LogP contribution is -2.41. The molecule has 2 aliphatic rings. The first-order valence-electron chi connectivity index (χ1n) is 6.45. The highest BCUT2D eigenvalue weighted by molar-refractivity contribution is 9.10. The molecule has 17 heavy (non-hydrogen) atoms. The van der Waals surface area contributed by atoms with Gasteiger partial charge in [0.2, 0.25) is 0 Å². The van der Waals surface area contributed by atoms with Gasteiger partial charge < -0.3 is 5.32 Å². The molecule has 2 aliphatic heterocycles. The molecule has 1 aromatic rings. The number of hydrogen-bond donors (Lipinski definition) is 1. The zero-order valence-corrected chi connectivity index (χ0v) is 11.5. The second-order valence-electron chi connectivity index (χ2n) is 5.00. The number of nitrogens with zero attached hydrogens (tertiary/aromatic N) is 2. The van der Waals surface area contributed by atoms with Gasteiger partial charge in [-0.25, -0.2) is 4.98 Å². The Bertz CT molecular complexity index is 379. The molecule has 4 heteroatoms. The molecule has 2 fully saturated rings. The number of fused-ring (bicyclic) bond motifs is 1. The molecule has 1 N–H and O–H groups in total. The molecule has 0 spiro atoms. The summed E-state index contributed by atoms with van der Waals surface area (Å²) in [6.45, 7) is 2.54. The Kier molecular flexibility index (Phi) is 3.34. The second kappa shape index (κ2) is 4.94. The van der Waals surface area contributed by atoms with Crippen LogP contribution in [0.15, 0.2) is 22.8 Å². The predicted octanol–water partition coefficient (Wildman–Crippen LogP) is 2.88. The van der Waals surface area contributed by atoms with E-state index in [1.165, 1.54) is 38.8 Å². The number of hydrogen-bond acceptors (Lipinski definition) is 3. The number of piperidine rings is 1. The average Bonchev–Trinajstić information content (AvgIpc) is 2.76. The summed E-state index contributed by atoms with van der Waals surface area (Å²) >= 11 is 3.42. The van der Waals surface area contributed by atoms with Crippen molar-refractivity contribution in [1.29, 1.82) is 0 Å². The Morgan fingerprint density at radius 3 is 3.00 bits per heavy atom. The van der Waals surface area contributed by atoms with Crippen molar-refractivity contribution in [1.82, 2.24) is 9.88 Å². The molecule has 3 heterocycles. The van der Waals surface area contributed by atoms with E-state index in [1.807, 2.05) is 12.3 Å². The average molecular weight is 296 g/mol. The highest BCUT2D eigenvalue weighted by atomic mass is 79.9. The van der Waals surface area contributed by atoms with Gasteiger partial charge in [-0.3, -0.25) is 4.90 Å². The van der Waals surface area contributed by atoms with Crippen molar-refractivity contribution in [2.45, 2.75) is 37.8 Å². The second-order valence-corrected chi connectivity index (χ2v) is 5.92.